The topological polar surface area (TPSA) is 111 Å². The van der Waals surface area contributed by atoms with Crippen molar-refractivity contribution in [1.82, 2.24) is 5.43 Å². The summed E-state index contributed by atoms with van der Waals surface area (Å²) in [6.07, 6.45) is 1.49. The molecular formula is C20H18IN3O5. The van der Waals surface area contributed by atoms with Gasteiger partial charge in [-0.3, -0.25) is 19.8 Å². The Morgan fingerprint density at radius 3 is 2.59 bits per heavy atom. The van der Waals surface area contributed by atoms with E-state index in [2.05, 4.69) is 5.43 Å². The molecule has 0 aliphatic carbocycles. The molecule has 3 amide bonds. The average molecular weight is 507 g/mol. The fourth-order valence-electron chi connectivity index (χ4n) is 2.70. The monoisotopic (exact) mass is 507 g/mol. The molecule has 2 aromatic carbocycles. The van der Waals surface area contributed by atoms with Gasteiger partial charge in [-0.2, -0.15) is 0 Å². The van der Waals surface area contributed by atoms with Crippen molar-refractivity contribution in [1.29, 1.82) is 0 Å². The first-order valence-electron chi connectivity index (χ1n) is 8.70. The molecule has 0 atom stereocenters. The minimum absolute atomic E-state index is 0.00194. The van der Waals surface area contributed by atoms with Gasteiger partial charge in [0.2, 0.25) is 0 Å². The lowest BCUT2D eigenvalue weighted by molar-refractivity contribution is -0.120. The number of carbonyl (C=O) groups excluding carboxylic acids is 3. The third-order valence-electron chi connectivity index (χ3n) is 3.91. The molecule has 0 bridgehead atoms. The molecular weight excluding hydrogens is 489 g/mol. The maximum atomic E-state index is 12.7. The van der Waals surface area contributed by atoms with Crippen LogP contribution in [0.2, 0.25) is 0 Å². The fourth-order valence-corrected chi connectivity index (χ4v) is 3.48. The van der Waals surface area contributed by atoms with Gasteiger partial charge in [-0.1, -0.05) is 18.2 Å². The van der Waals surface area contributed by atoms with Crippen LogP contribution in [0.4, 0.5) is 5.69 Å². The van der Waals surface area contributed by atoms with Gasteiger partial charge in [0.1, 0.15) is 5.57 Å². The van der Waals surface area contributed by atoms with Crippen molar-refractivity contribution in [2.75, 3.05) is 18.2 Å². The number of primary amides is 1. The van der Waals surface area contributed by atoms with Crippen molar-refractivity contribution in [2.24, 2.45) is 5.73 Å². The second kappa shape index (κ2) is 8.95. The van der Waals surface area contributed by atoms with Crippen LogP contribution in [0.1, 0.15) is 12.5 Å². The smallest absolute Gasteiger partial charge is 0.282 e. The molecule has 0 unspecified atom stereocenters. The maximum absolute atomic E-state index is 12.7. The van der Waals surface area contributed by atoms with E-state index in [9.17, 15) is 14.4 Å². The summed E-state index contributed by atoms with van der Waals surface area (Å²) in [7, 11) is 0. The number of hydrogen-bond donors (Lipinski definition) is 2. The van der Waals surface area contributed by atoms with Gasteiger partial charge >= 0.3 is 0 Å². The molecule has 9 heteroatoms. The van der Waals surface area contributed by atoms with Gasteiger partial charge in [0.05, 0.1) is 15.9 Å². The Kier molecular flexibility index (Phi) is 6.37. The van der Waals surface area contributed by atoms with E-state index >= 15 is 0 Å². The first-order chi connectivity index (χ1) is 13.9. The summed E-state index contributed by atoms with van der Waals surface area (Å²) in [6, 6.07) is 12.2. The van der Waals surface area contributed by atoms with Crippen LogP contribution in [0.25, 0.3) is 6.08 Å². The molecule has 0 saturated carbocycles. The molecule has 1 fully saturated rings. The molecule has 1 heterocycles. The summed E-state index contributed by atoms with van der Waals surface area (Å²) in [4.78, 5) is 36.1. The largest absolute Gasteiger partial charge is 0.490 e. The van der Waals surface area contributed by atoms with Crippen LogP contribution in [0.5, 0.6) is 11.5 Å². The van der Waals surface area contributed by atoms with E-state index in [0.717, 1.165) is 0 Å². The minimum Gasteiger partial charge on any atom is -0.490 e. The van der Waals surface area contributed by atoms with Gasteiger partial charge < -0.3 is 15.2 Å². The second-order valence-electron chi connectivity index (χ2n) is 5.99. The standard InChI is InChI=1S/C20H18IN3O5/c1-2-28-16-10-12(9-15(21)18(16)29-11-17(22)25)8-14-19(26)23-24(20(14)27)13-6-4-3-5-7-13/h3-10H,2,11H2,1H3,(H2,22,25)(H,23,26)/b14-8-. The highest BCUT2D eigenvalue weighted by Crippen LogP contribution is 2.35. The summed E-state index contributed by atoms with van der Waals surface area (Å²) in [5.41, 5.74) is 8.84. The normalized spacial score (nSPS) is 14.8. The number of nitrogens with zero attached hydrogens (tertiary/aromatic N) is 1. The number of rotatable bonds is 7. The number of carbonyl (C=O) groups is 3. The number of ether oxygens (including phenoxy) is 2. The van der Waals surface area contributed by atoms with Crippen molar-refractivity contribution < 1.29 is 23.9 Å². The van der Waals surface area contributed by atoms with E-state index in [-0.39, 0.29) is 12.2 Å². The molecule has 3 N–H and O–H groups in total. The zero-order valence-electron chi connectivity index (χ0n) is 15.5. The van der Waals surface area contributed by atoms with Crippen LogP contribution in [0, 0.1) is 3.57 Å². The summed E-state index contributed by atoms with van der Waals surface area (Å²) in [5, 5.41) is 1.20. The zero-order valence-corrected chi connectivity index (χ0v) is 17.6. The predicted molar refractivity (Wildman–Crippen MR) is 115 cm³/mol. The van der Waals surface area contributed by atoms with Crippen LogP contribution in [0.15, 0.2) is 48.0 Å². The van der Waals surface area contributed by atoms with Gasteiger partial charge in [-0.05, 0) is 65.4 Å². The Labute approximate surface area is 180 Å². The number of para-hydroxylation sites is 1. The molecule has 0 spiro atoms. The van der Waals surface area contributed by atoms with Crippen LogP contribution in [-0.2, 0) is 14.4 Å². The number of benzene rings is 2. The van der Waals surface area contributed by atoms with Gasteiger partial charge in [0, 0.05) is 0 Å². The molecule has 0 aromatic heterocycles. The molecule has 150 valence electrons. The van der Waals surface area contributed by atoms with Crippen LogP contribution < -0.4 is 25.6 Å². The number of anilines is 1. The fraction of sp³-hybridized carbons (Fsp3) is 0.150. The minimum atomic E-state index is -0.608. The van der Waals surface area contributed by atoms with Crippen LogP contribution in [0.3, 0.4) is 0 Å². The van der Waals surface area contributed by atoms with Gasteiger partial charge in [-0.25, -0.2) is 5.01 Å². The van der Waals surface area contributed by atoms with Crippen LogP contribution in [-0.4, -0.2) is 30.9 Å². The Balaban J connectivity index is 1.94. The second-order valence-corrected chi connectivity index (χ2v) is 7.16. The van der Waals surface area contributed by atoms with E-state index in [1.807, 2.05) is 35.6 Å². The number of hydrogen-bond acceptors (Lipinski definition) is 5. The average Bonchev–Trinajstić information content (AvgIpc) is 2.96. The van der Waals surface area contributed by atoms with Crippen molar-refractivity contribution in [3.8, 4) is 11.5 Å². The third-order valence-corrected chi connectivity index (χ3v) is 4.71. The Morgan fingerprint density at radius 2 is 1.93 bits per heavy atom. The van der Waals surface area contributed by atoms with E-state index in [1.54, 1.807) is 36.4 Å². The molecule has 3 rings (SSSR count). The van der Waals surface area contributed by atoms with E-state index in [1.165, 1.54) is 11.1 Å². The quantitative estimate of drug-likeness (QED) is 0.339. The lowest BCUT2D eigenvalue weighted by Crippen LogP contribution is -2.35. The summed E-state index contributed by atoms with van der Waals surface area (Å²) < 4.78 is 11.7. The SMILES string of the molecule is CCOc1cc(/C=C2/C(=O)NN(c3ccccc3)C2=O)cc(I)c1OCC(N)=O. The predicted octanol–water partition coefficient (Wildman–Crippen LogP) is 2.02. The highest BCUT2D eigenvalue weighted by atomic mass is 127. The molecule has 1 aliphatic heterocycles. The number of hydrazine groups is 1. The van der Waals surface area contributed by atoms with Crippen molar-refractivity contribution in [2.45, 2.75) is 6.92 Å². The highest BCUT2D eigenvalue weighted by molar-refractivity contribution is 14.1. The summed E-state index contributed by atoms with van der Waals surface area (Å²) in [5.74, 6) is -0.799. The lowest BCUT2D eigenvalue weighted by Gasteiger charge is -2.14. The molecule has 2 aromatic rings. The maximum Gasteiger partial charge on any atom is 0.282 e. The van der Waals surface area contributed by atoms with Crippen molar-refractivity contribution in [3.63, 3.8) is 0 Å². The highest BCUT2D eigenvalue weighted by Gasteiger charge is 2.34. The summed E-state index contributed by atoms with van der Waals surface area (Å²) in [6.45, 7) is 1.88. The van der Waals surface area contributed by atoms with Gasteiger partial charge in [0.25, 0.3) is 17.7 Å². The zero-order chi connectivity index (χ0) is 21.0. The molecule has 8 nitrogen and oxygen atoms in total. The van der Waals surface area contributed by atoms with Gasteiger partial charge in [0.15, 0.2) is 18.1 Å². The van der Waals surface area contributed by atoms with E-state index < -0.39 is 17.7 Å². The number of nitrogens with one attached hydrogen (secondary N) is 1. The van der Waals surface area contributed by atoms with Crippen LogP contribution >= 0.6 is 22.6 Å². The van der Waals surface area contributed by atoms with Gasteiger partial charge in [-0.15, -0.1) is 0 Å². The third kappa shape index (κ3) is 4.67. The molecule has 1 saturated heterocycles. The number of nitrogens with two attached hydrogens (primary N) is 1. The Bertz CT molecular complexity index is 991. The summed E-state index contributed by atoms with van der Waals surface area (Å²) >= 11 is 2.03. The first kappa shape index (κ1) is 20.6. The molecule has 29 heavy (non-hydrogen) atoms. The molecule has 1 aliphatic rings. The number of halogens is 1. The van der Waals surface area contributed by atoms with Crippen molar-refractivity contribution >= 4 is 52.1 Å². The molecule has 0 radical (unpaired) electrons. The lowest BCUT2D eigenvalue weighted by atomic mass is 10.1. The van der Waals surface area contributed by atoms with E-state index in [4.69, 9.17) is 15.2 Å². The first-order valence-corrected chi connectivity index (χ1v) is 9.78. The number of amides is 3. The van der Waals surface area contributed by atoms with E-state index in [0.29, 0.717) is 32.9 Å². The Morgan fingerprint density at radius 1 is 1.21 bits per heavy atom. The Hall–Kier alpha value is -3.08. The van der Waals surface area contributed by atoms with Crippen molar-refractivity contribution in [3.05, 3.63) is 57.2 Å².